The number of hydrogen-bond donors (Lipinski definition) is 0. The molecule has 0 N–H and O–H groups in total. The molecule has 0 bridgehead atoms. The van der Waals surface area contributed by atoms with Gasteiger partial charge in [0.25, 0.3) is 17.1 Å². The summed E-state index contributed by atoms with van der Waals surface area (Å²) in [7, 11) is 1.63. The van der Waals surface area contributed by atoms with Crippen LogP contribution < -0.4 is 9.64 Å². The summed E-state index contributed by atoms with van der Waals surface area (Å²) in [5.41, 5.74) is 2.15. The number of hydrogen-bond acceptors (Lipinski definition) is 6. The van der Waals surface area contributed by atoms with Crippen LogP contribution in [-0.2, 0) is 11.3 Å². The first-order valence-electron chi connectivity index (χ1n) is 12.3. The van der Waals surface area contributed by atoms with Gasteiger partial charge in [0.05, 0.1) is 18.6 Å². The van der Waals surface area contributed by atoms with Crippen LogP contribution in [0, 0.1) is 11.6 Å². The largest absolute Gasteiger partial charge is 0.497 e. The van der Waals surface area contributed by atoms with Crippen LogP contribution in [0.2, 0.25) is 0 Å². The van der Waals surface area contributed by atoms with Crippen molar-refractivity contribution in [3.05, 3.63) is 100.0 Å². The average Bonchev–Trinajstić information content (AvgIpc) is 3.21. The molecular weight excluding hydrogens is 524 g/mol. The van der Waals surface area contributed by atoms with Crippen molar-refractivity contribution in [3.63, 3.8) is 0 Å². The van der Waals surface area contributed by atoms with Crippen molar-refractivity contribution in [1.29, 1.82) is 0 Å². The summed E-state index contributed by atoms with van der Waals surface area (Å²) in [6.07, 6.45) is 1.55. The van der Waals surface area contributed by atoms with Gasteiger partial charge in [0, 0.05) is 55.1 Å². The lowest BCUT2D eigenvalue weighted by molar-refractivity contribution is -0.123. The van der Waals surface area contributed by atoms with Gasteiger partial charge in [-0.2, -0.15) is 0 Å². The van der Waals surface area contributed by atoms with Crippen LogP contribution in [0.5, 0.6) is 5.75 Å². The van der Waals surface area contributed by atoms with Gasteiger partial charge in [0.2, 0.25) is 0 Å². The lowest BCUT2D eigenvalue weighted by Gasteiger charge is -2.36. The molecule has 0 aliphatic carbocycles. The second kappa shape index (κ2) is 11.3. The quantitative estimate of drug-likeness (QED) is 0.395. The van der Waals surface area contributed by atoms with E-state index < -0.39 is 22.8 Å². The molecule has 10 heteroatoms. The van der Waals surface area contributed by atoms with Crippen LogP contribution >= 0.6 is 11.8 Å². The van der Waals surface area contributed by atoms with Gasteiger partial charge < -0.3 is 14.5 Å². The number of thioether (sulfide) groups is 1. The molecule has 2 fully saturated rings. The molecular formula is C29H25F2N3O4S. The maximum Gasteiger partial charge on any atom is 0.293 e. The molecule has 3 aromatic rings. The number of rotatable bonds is 6. The first-order valence-corrected chi connectivity index (χ1v) is 13.1. The molecule has 0 unspecified atom stereocenters. The third-order valence-electron chi connectivity index (χ3n) is 6.63. The zero-order valence-corrected chi connectivity index (χ0v) is 21.9. The lowest BCUT2D eigenvalue weighted by atomic mass is 10.1. The molecule has 2 saturated heterocycles. The Morgan fingerprint density at radius 2 is 1.74 bits per heavy atom. The van der Waals surface area contributed by atoms with Crippen molar-refractivity contribution in [2.24, 2.45) is 0 Å². The van der Waals surface area contributed by atoms with E-state index in [-0.39, 0.29) is 22.9 Å². The van der Waals surface area contributed by atoms with E-state index in [1.165, 1.54) is 6.07 Å². The van der Waals surface area contributed by atoms with Gasteiger partial charge in [-0.15, -0.1) is 0 Å². The second-order valence-electron chi connectivity index (χ2n) is 9.11. The highest BCUT2D eigenvalue weighted by Crippen LogP contribution is 2.34. The summed E-state index contributed by atoms with van der Waals surface area (Å²) < 4.78 is 32.6. The summed E-state index contributed by atoms with van der Waals surface area (Å²) in [6.45, 7) is 2.17. The number of anilines is 1. The van der Waals surface area contributed by atoms with Crippen molar-refractivity contribution in [1.82, 2.24) is 9.80 Å². The normalized spacial score (nSPS) is 16.8. The van der Waals surface area contributed by atoms with Crippen molar-refractivity contribution in [3.8, 4) is 5.75 Å². The fourth-order valence-electron chi connectivity index (χ4n) is 4.53. The number of carbonyl (C=O) groups excluding carboxylic acids is 3. The highest BCUT2D eigenvalue weighted by molar-refractivity contribution is 8.18. The van der Waals surface area contributed by atoms with Gasteiger partial charge in [-0.25, -0.2) is 8.78 Å². The smallest absolute Gasteiger partial charge is 0.293 e. The molecule has 0 spiro atoms. The number of carbonyl (C=O) groups is 3. The predicted octanol–water partition coefficient (Wildman–Crippen LogP) is 5.17. The Morgan fingerprint density at radius 3 is 2.49 bits per heavy atom. The average molecular weight is 550 g/mol. The second-order valence-corrected chi connectivity index (χ2v) is 10.1. The van der Waals surface area contributed by atoms with E-state index in [2.05, 4.69) is 4.90 Å². The summed E-state index contributed by atoms with van der Waals surface area (Å²) in [5, 5.41) is -0.545. The molecule has 5 rings (SSSR count). The van der Waals surface area contributed by atoms with Crippen LogP contribution in [0.25, 0.3) is 6.08 Å². The Bertz CT molecular complexity index is 1470. The third kappa shape index (κ3) is 5.80. The van der Waals surface area contributed by atoms with Gasteiger partial charge in [0.15, 0.2) is 0 Å². The SMILES string of the molecule is COc1cccc(N2CCN(C(=O)c3cccc(/C=C4\SC(=O)N(Cc5ccc(F)cc5F)C4=O)c3)CC2)c1. The predicted molar refractivity (Wildman–Crippen MR) is 145 cm³/mol. The first-order chi connectivity index (χ1) is 18.8. The van der Waals surface area contributed by atoms with Gasteiger partial charge in [0.1, 0.15) is 17.4 Å². The fourth-order valence-corrected chi connectivity index (χ4v) is 5.37. The lowest BCUT2D eigenvalue weighted by Crippen LogP contribution is -2.48. The van der Waals surface area contributed by atoms with E-state index in [1.54, 1.807) is 42.4 Å². The van der Waals surface area contributed by atoms with E-state index in [4.69, 9.17) is 4.74 Å². The summed E-state index contributed by atoms with van der Waals surface area (Å²) in [6, 6.07) is 17.7. The molecule has 2 aliphatic heterocycles. The monoisotopic (exact) mass is 549 g/mol. The number of imide groups is 1. The Labute approximate surface area is 228 Å². The molecule has 39 heavy (non-hydrogen) atoms. The number of piperazine rings is 1. The van der Waals surface area contributed by atoms with E-state index in [0.717, 1.165) is 34.2 Å². The summed E-state index contributed by atoms with van der Waals surface area (Å²) in [4.78, 5) is 43.7. The Balaban J connectivity index is 1.25. The first kappa shape index (κ1) is 26.4. The summed E-state index contributed by atoms with van der Waals surface area (Å²) >= 11 is 0.740. The van der Waals surface area contributed by atoms with E-state index in [9.17, 15) is 23.2 Å². The number of methoxy groups -OCH3 is 1. The molecule has 2 heterocycles. The van der Waals surface area contributed by atoms with E-state index in [1.807, 2.05) is 24.3 Å². The Kier molecular flexibility index (Phi) is 7.65. The summed E-state index contributed by atoms with van der Waals surface area (Å²) in [5.74, 6) is -1.47. The zero-order valence-electron chi connectivity index (χ0n) is 21.1. The highest BCUT2D eigenvalue weighted by Gasteiger charge is 2.35. The standard InChI is InChI=1S/C29H25F2N3O4S/c1-38-24-7-3-6-23(17-24)32-10-12-33(13-11-32)27(35)20-5-2-4-19(14-20)15-26-28(36)34(29(37)39-26)18-21-8-9-22(30)16-25(21)31/h2-9,14-17H,10-13,18H2,1H3/b26-15-. The maximum absolute atomic E-state index is 14.1. The Morgan fingerprint density at radius 1 is 0.974 bits per heavy atom. The molecule has 0 atom stereocenters. The fraction of sp³-hybridized carbons (Fsp3) is 0.207. The molecule has 0 aromatic heterocycles. The maximum atomic E-state index is 14.1. The van der Waals surface area contributed by atoms with Crippen LogP contribution in [0.15, 0.2) is 71.6 Å². The minimum atomic E-state index is -0.825. The molecule has 2 aliphatic rings. The van der Waals surface area contributed by atoms with E-state index in [0.29, 0.717) is 43.4 Å². The number of nitrogens with zero attached hydrogens (tertiary/aromatic N) is 3. The van der Waals surface area contributed by atoms with Gasteiger partial charge in [-0.05, 0) is 53.7 Å². The molecule has 3 amide bonds. The van der Waals surface area contributed by atoms with Crippen LogP contribution in [-0.4, -0.2) is 60.1 Å². The minimum Gasteiger partial charge on any atom is -0.497 e. The molecule has 200 valence electrons. The van der Waals surface area contributed by atoms with Gasteiger partial charge in [-0.3, -0.25) is 19.3 Å². The van der Waals surface area contributed by atoms with Crippen molar-refractivity contribution in [2.75, 3.05) is 38.2 Å². The number of benzene rings is 3. The van der Waals surface area contributed by atoms with Gasteiger partial charge >= 0.3 is 0 Å². The number of amides is 3. The van der Waals surface area contributed by atoms with Crippen LogP contribution in [0.1, 0.15) is 21.5 Å². The zero-order chi connectivity index (χ0) is 27.5. The number of ether oxygens (including phenoxy) is 1. The number of halogens is 2. The minimum absolute atomic E-state index is 0.0408. The third-order valence-corrected chi connectivity index (χ3v) is 7.54. The Hall–Kier alpha value is -4.18. The van der Waals surface area contributed by atoms with Crippen molar-refractivity contribution < 1.29 is 27.9 Å². The van der Waals surface area contributed by atoms with Crippen molar-refractivity contribution >= 4 is 40.6 Å². The highest BCUT2D eigenvalue weighted by atomic mass is 32.2. The van der Waals surface area contributed by atoms with Gasteiger partial charge in [-0.1, -0.05) is 24.3 Å². The van der Waals surface area contributed by atoms with Crippen molar-refractivity contribution in [2.45, 2.75) is 6.54 Å². The van der Waals surface area contributed by atoms with Crippen LogP contribution in [0.4, 0.5) is 19.3 Å². The van der Waals surface area contributed by atoms with E-state index >= 15 is 0 Å². The molecule has 3 aromatic carbocycles. The molecule has 0 saturated carbocycles. The topological polar surface area (TPSA) is 70.2 Å². The molecule has 7 nitrogen and oxygen atoms in total. The van der Waals surface area contributed by atoms with Crippen LogP contribution in [0.3, 0.4) is 0 Å². The molecule has 0 radical (unpaired) electrons.